The molecule has 0 unspecified atom stereocenters. The second-order valence-corrected chi connectivity index (χ2v) is 7.77. The van der Waals surface area contributed by atoms with Crippen LogP contribution in [0.15, 0.2) is 65.4 Å². The molecule has 6 nitrogen and oxygen atoms in total. The molecule has 0 spiro atoms. The van der Waals surface area contributed by atoms with Crippen LogP contribution in [0.1, 0.15) is 12.5 Å². The van der Waals surface area contributed by atoms with E-state index in [-0.39, 0.29) is 12.4 Å². The minimum Gasteiger partial charge on any atom is -0.496 e. The van der Waals surface area contributed by atoms with E-state index in [1.165, 1.54) is 6.07 Å². The summed E-state index contributed by atoms with van der Waals surface area (Å²) in [5, 5.41) is 0. The smallest absolute Gasteiger partial charge is 0.213 e. The highest BCUT2D eigenvalue weighted by atomic mass is 79.9. The molecule has 4 aromatic rings. The molecule has 1 N–H and O–H groups in total. The van der Waals surface area contributed by atoms with Crippen LogP contribution >= 0.6 is 15.9 Å². The highest BCUT2D eigenvalue weighted by Crippen LogP contribution is 2.34. The van der Waals surface area contributed by atoms with Gasteiger partial charge < -0.3 is 19.2 Å². The molecule has 0 amide bonds. The summed E-state index contributed by atoms with van der Waals surface area (Å²) in [5.41, 5.74) is 2.93. The van der Waals surface area contributed by atoms with Gasteiger partial charge in [-0.1, -0.05) is 22.0 Å². The number of aromatic amines is 1. The molecule has 0 aliphatic carbocycles. The van der Waals surface area contributed by atoms with Crippen molar-refractivity contribution in [2.24, 2.45) is 0 Å². The lowest BCUT2D eigenvalue weighted by molar-refractivity contribution is 0.297. The van der Waals surface area contributed by atoms with Crippen LogP contribution in [0.5, 0.6) is 17.4 Å². The predicted molar refractivity (Wildman–Crippen MR) is 123 cm³/mol. The number of halogens is 2. The summed E-state index contributed by atoms with van der Waals surface area (Å²) < 4.78 is 31.4. The summed E-state index contributed by atoms with van der Waals surface area (Å²) in [6.07, 6.45) is 3.45. The third kappa shape index (κ3) is 4.91. The normalized spacial score (nSPS) is 10.8. The first kappa shape index (κ1) is 21.8. The van der Waals surface area contributed by atoms with Crippen LogP contribution < -0.4 is 14.2 Å². The molecule has 4 rings (SSSR count). The Labute approximate surface area is 193 Å². The maximum Gasteiger partial charge on any atom is 0.213 e. The zero-order valence-corrected chi connectivity index (χ0v) is 19.1. The number of aromatic nitrogens is 3. The van der Waals surface area contributed by atoms with E-state index in [0.29, 0.717) is 39.8 Å². The van der Waals surface area contributed by atoms with Crippen molar-refractivity contribution in [3.05, 3.63) is 76.8 Å². The number of rotatable bonds is 8. The van der Waals surface area contributed by atoms with Crippen molar-refractivity contribution in [1.29, 1.82) is 0 Å². The maximum atomic E-state index is 14.0. The SMILES string of the molecule is CCOc1ccc(-c2ncc(-c3ccc(OCc4ccc(Br)cc4F)cc3OC)[nH]2)cn1. The number of benzene rings is 2. The van der Waals surface area contributed by atoms with Gasteiger partial charge in [0, 0.05) is 39.5 Å². The average molecular weight is 498 g/mol. The van der Waals surface area contributed by atoms with E-state index in [0.717, 1.165) is 16.8 Å². The van der Waals surface area contributed by atoms with Crippen molar-refractivity contribution in [3.63, 3.8) is 0 Å². The first-order valence-electron chi connectivity index (χ1n) is 9.96. The number of H-pyrrole nitrogens is 1. The van der Waals surface area contributed by atoms with Crippen molar-refractivity contribution in [1.82, 2.24) is 15.0 Å². The molecular weight excluding hydrogens is 477 g/mol. The number of nitrogens with one attached hydrogen (secondary N) is 1. The van der Waals surface area contributed by atoms with Gasteiger partial charge >= 0.3 is 0 Å². The fraction of sp³-hybridized carbons (Fsp3) is 0.167. The van der Waals surface area contributed by atoms with E-state index in [2.05, 4.69) is 30.9 Å². The Hall–Kier alpha value is -3.39. The van der Waals surface area contributed by atoms with Crippen LogP contribution in [0.4, 0.5) is 4.39 Å². The first-order chi connectivity index (χ1) is 15.6. The number of hydrogen-bond acceptors (Lipinski definition) is 5. The molecule has 0 bridgehead atoms. The van der Waals surface area contributed by atoms with Crippen LogP contribution in [0, 0.1) is 5.82 Å². The van der Waals surface area contributed by atoms with Gasteiger partial charge in [-0.2, -0.15) is 0 Å². The number of ether oxygens (including phenoxy) is 3. The summed E-state index contributed by atoms with van der Waals surface area (Å²) in [5.74, 6) is 2.12. The van der Waals surface area contributed by atoms with E-state index in [1.54, 1.807) is 37.7 Å². The van der Waals surface area contributed by atoms with Gasteiger partial charge in [-0.25, -0.2) is 14.4 Å². The van der Waals surface area contributed by atoms with Crippen molar-refractivity contribution in [2.45, 2.75) is 13.5 Å². The van der Waals surface area contributed by atoms with Gasteiger partial charge in [-0.05, 0) is 37.3 Å². The Morgan fingerprint density at radius 1 is 1.00 bits per heavy atom. The van der Waals surface area contributed by atoms with Gasteiger partial charge in [0.25, 0.3) is 0 Å². The van der Waals surface area contributed by atoms with Crippen LogP contribution in [0.2, 0.25) is 0 Å². The van der Waals surface area contributed by atoms with Gasteiger partial charge in [0.2, 0.25) is 5.88 Å². The van der Waals surface area contributed by atoms with Crippen molar-refractivity contribution in [2.75, 3.05) is 13.7 Å². The van der Waals surface area contributed by atoms with Gasteiger partial charge in [0.05, 0.1) is 25.6 Å². The molecular formula is C24H21BrFN3O3. The lowest BCUT2D eigenvalue weighted by Gasteiger charge is -2.11. The lowest BCUT2D eigenvalue weighted by Crippen LogP contribution is -1.99. The zero-order chi connectivity index (χ0) is 22.5. The third-order valence-corrected chi connectivity index (χ3v) is 5.24. The minimum absolute atomic E-state index is 0.112. The summed E-state index contributed by atoms with van der Waals surface area (Å²) in [6, 6.07) is 14.0. The largest absolute Gasteiger partial charge is 0.496 e. The Morgan fingerprint density at radius 2 is 1.88 bits per heavy atom. The molecule has 0 aliphatic rings. The Kier molecular flexibility index (Phi) is 6.70. The van der Waals surface area contributed by atoms with Gasteiger partial charge in [-0.3, -0.25) is 0 Å². The fourth-order valence-corrected chi connectivity index (χ4v) is 3.48. The molecule has 0 atom stereocenters. The second-order valence-electron chi connectivity index (χ2n) is 6.85. The minimum atomic E-state index is -0.322. The highest BCUT2D eigenvalue weighted by Gasteiger charge is 2.13. The maximum absolute atomic E-state index is 14.0. The Balaban J connectivity index is 1.51. The van der Waals surface area contributed by atoms with Gasteiger partial charge in [0.15, 0.2) is 0 Å². The molecule has 0 radical (unpaired) electrons. The average Bonchev–Trinajstić information content (AvgIpc) is 3.29. The zero-order valence-electron chi connectivity index (χ0n) is 17.6. The molecule has 164 valence electrons. The number of pyridine rings is 1. The number of hydrogen-bond donors (Lipinski definition) is 1. The number of imidazole rings is 1. The van der Waals surface area contributed by atoms with Crippen molar-refractivity contribution < 1.29 is 18.6 Å². The predicted octanol–water partition coefficient (Wildman–Crippen LogP) is 6.03. The quantitative estimate of drug-likeness (QED) is 0.322. The van der Waals surface area contributed by atoms with Crippen molar-refractivity contribution in [3.8, 4) is 40.0 Å². The third-order valence-electron chi connectivity index (χ3n) is 4.75. The topological polar surface area (TPSA) is 69.3 Å². The van der Waals surface area contributed by atoms with Gasteiger partial charge in [-0.15, -0.1) is 0 Å². The van der Waals surface area contributed by atoms with Crippen molar-refractivity contribution >= 4 is 15.9 Å². The summed E-state index contributed by atoms with van der Waals surface area (Å²) in [6.45, 7) is 2.59. The molecule has 2 heterocycles. The highest BCUT2D eigenvalue weighted by molar-refractivity contribution is 9.10. The van der Waals surface area contributed by atoms with Crippen LogP contribution in [-0.2, 0) is 6.61 Å². The summed E-state index contributed by atoms with van der Waals surface area (Å²) in [4.78, 5) is 12.0. The first-order valence-corrected chi connectivity index (χ1v) is 10.8. The van der Waals surface area contributed by atoms with Crippen LogP contribution in [0.25, 0.3) is 22.6 Å². The monoisotopic (exact) mass is 497 g/mol. The lowest BCUT2D eigenvalue weighted by atomic mass is 10.1. The Bertz CT molecular complexity index is 1210. The van der Waals surface area contributed by atoms with E-state index in [1.807, 2.05) is 31.2 Å². The van der Waals surface area contributed by atoms with E-state index >= 15 is 0 Å². The summed E-state index contributed by atoms with van der Waals surface area (Å²) >= 11 is 3.25. The number of methoxy groups -OCH3 is 1. The van der Waals surface area contributed by atoms with E-state index in [9.17, 15) is 4.39 Å². The van der Waals surface area contributed by atoms with Crippen LogP contribution in [-0.4, -0.2) is 28.7 Å². The Morgan fingerprint density at radius 3 is 2.59 bits per heavy atom. The van der Waals surface area contributed by atoms with Gasteiger partial charge in [0.1, 0.15) is 29.7 Å². The molecule has 0 aliphatic heterocycles. The molecule has 32 heavy (non-hydrogen) atoms. The molecule has 8 heteroatoms. The number of nitrogens with zero attached hydrogens (tertiary/aromatic N) is 2. The standard InChI is InChI=1S/C24H21BrFN3O3/c1-3-31-23-9-5-15(12-27-23)24-28-13-21(29-24)19-8-7-18(11-22(19)30-2)32-14-16-4-6-17(25)10-20(16)26/h4-13H,3,14H2,1-2H3,(H,28,29). The van der Waals surface area contributed by atoms with E-state index in [4.69, 9.17) is 14.2 Å². The molecule has 0 fully saturated rings. The summed E-state index contributed by atoms with van der Waals surface area (Å²) in [7, 11) is 1.59. The van der Waals surface area contributed by atoms with Crippen LogP contribution in [0.3, 0.4) is 0 Å². The van der Waals surface area contributed by atoms with E-state index < -0.39 is 0 Å². The molecule has 2 aromatic heterocycles. The fourth-order valence-electron chi connectivity index (χ4n) is 3.14. The molecule has 2 aromatic carbocycles. The molecule has 0 saturated carbocycles. The second kappa shape index (κ2) is 9.82. The molecule has 0 saturated heterocycles.